The van der Waals surface area contributed by atoms with Crippen molar-refractivity contribution in [3.05, 3.63) is 23.9 Å². The average molecular weight is 222 g/mol. The van der Waals surface area contributed by atoms with E-state index < -0.39 is 0 Å². The molecule has 5 nitrogen and oxygen atoms in total. The van der Waals surface area contributed by atoms with E-state index in [-0.39, 0.29) is 11.9 Å². The first-order valence-corrected chi connectivity index (χ1v) is 5.33. The van der Waals surface area contributed by atoms with E-state index in [0.29, 0.717) is 17.9 Å². The van der Waals surface area contributed by atoms with Crippen molar-refractivity contribution in [2.75, 3.05) is 12.0 Å². The number of anilines is 1. The fraction of sp³-hybridized carbons (Fsp3) is 0.455. The molecule has 0 fully saturated rings. The normalized spacial score (nSPS) is 10.3. The van der Waals surface area contributed by atoms with Crippen molar-refractivity contribution in [1.29, 1.82) is 0 Å². The van der Waals surface area contributed by atoms with Gasteiger partial charge in [0.05, 0.1) is 5.56 Å². The molecule has 88 valence electrons. The number of nitrogens with two attached hydrogens (primary N) is 1. The molecule has 0 atom stereocenters. The lowest BCUT2D eigenvalue weighted by atomic mass is 10.2. The number of hydrogen-bond acceptors (Lipinski definition) is 4. The highest BCUT2D eigenvalue weighted by Crippen LogP contribution is 2.09. The van der Waals surface area contributed by atoms with Crippen molar-refractivity contribution in [3.63, 3.8) is 0 Å². The van der Waals surface area contributed by atoms with E-state index in [0.717, 1.165) is 0 Å². The lowest BCUT2D eigenvalue weighted by molar-refractivity contribution is 0.0716. The Labute approximate surface area is 95.6 Å². The second-order valence-electron chi connectivity index (χ2n) is 3.76. The average Bonchev–Trinajstić information content (AvgIpc) is 2.29. The van der Waals surface area contributed by atoms with Crippen LogP contribution in [0.4, 0.5) is 5.82 Å². The van der Waals surface area contributed by atoms with Gasteiger partial charge in [0.1, 0.15) is 5.82 Å². The van der Waals surface area contributed by atoms with Crippen LogP contribution < -0.4 is 11.3 Å². The van der Waals surface area contributed by atoms with Gasteiger partial charge in [-0.3, -0.25) is 4.79 Å². The lowest BCUT2D eigenvalue weighted by Crippen LogP contribution is -2.36. The quantitative estimate of drug-likeness (QED) is 0.594. The highest BCUT2D eigenvalue weighted by atomic mass is 16.2. The van der Waals surface area contributed by atoms with Crippen molar-refractivity contribution in [2.24, 2.45) is 5.84 Å². The second-order valence-corrected chi connectivity index (χ2v) is 3.76. The molecule has 0 unspecified atom stereocenters. The molecule has 0 saturated heterocycles. The van der Waals surface area contributed by atoms with Gasteiger partial charge in [-0.05, 0) is 32.9 Å². The molecule has 5 heteroatoms. The Morgan fingerprint density at radius 3 is 2.62 bits per heavy atom. The summed E-state index contributed by atoms with van der Waals surface area (Å²) in [5.41, 5.74) is 3.00. The monoisotopic (exact) mass is 222 g/mol. The summed E-state index contributed by atoms with van der Waals surface area (Å²) >= 11 is 0. The molecule has 0 aromatic carbocycles. The number of carbonyl (C=O) groups is 1. The number of nitrogens with zero attached hydrogens (tertiary/aromatic N) is 2. The maximum Gasteiger partial charge on any atom is 0.255 e. The van der Waals surface area contributed by atoms with E-state index in [4.69, 9.17) is 5.84 Å². The lowest BCUT2D eigenvalue weighted by Gasteiger charge is -2.25. The Hall–Kier alpha value is -1.62. The van der Waals surface area contributed by atoms with Crippen molar-refractivity contribution in [2.45, 2.75) is 26.8 Å². The van der Waals surface area contributed by atoms with Crippen LogP contribution in [0.5, 0.6) is 0 Å². The second kappa shape index (κ2) is 5.46. The summed E-state index contributed by atoms with van der Waals surface area (Å²) in [5.74, 6) is 5.74. The van der Waals surface area contributed by atoms with E-state index in [1.165, 1.54) is 6.20 Å². The number of hydrogen-bond donors (Lipinski definition) is 2. The van der Waals surface area contributed by atoms with Gasteiger partial charge in [0.15, 0.2) is 0 Å². The largest absolute Gasteiger partial charge is 0.336 e. The first-order valence-electron chi connectivity index (χ1n) is 5.33. The van der Waals surface area contributed by atoms with Gasteiger partial charge in [0.2, 0.25) is 0 Å². The Morgan fingerprint density at radius 2 is 2.25 bits per heavy atom. The number of amides is 1. The summed E-state index contributed by atoms with van der Waals surface area (Å²) in [5, 5.41) is 0. The van der Waals surface area contributed by atoms with Gasteiger partial charge in [0, 0.05) is 18.8 Å². The topological polar surface area (TPSA) is 71.2 Å². The summed E-state index contributed by atoms with van der Waals surface area (Å²) in [7, 11) is 0. The predicted octanol–water partition coefficient (Wildman–Crippen LogP) is 1.24. The number of aromatic nitrogens is 1. The van der Waals surface area contributed by atoms with Gasteiger partial charge in [-0.25, -0.2) is 10.8 Å². The number of rotatable bonds is 4. The van der Waals surface area contributed by atoms with Crippen LogP contribution in [0.15, 0.2) is 18.3 Å². The molecule has 0 bridgehead atoms. The molecule has 0 aliphatic rings. The number of pyridine rings is 1. The molecule has 1 aromatic rings. The summed E-state index contributed by atoms with van der Waals surface area (Å²) in [6.07, 6.45) is 1.53. The molecule has 1 amide bonds. The minimum Gasteiger partial charge on any atom is -0.336 e. The number of nitrogen functional groups attached to an aromatic ring is 1. The van der Waals surface area contributed by atoms with Crippen molar-refractivity contribution in [3.8, 4) is 0 Å². The Bertz CT molecular complexity index is 348. The third-order valence-electron chi connectivity index (χ3n) is 2.38. The van der Waals surface area contributed by atoms with Crippen LogP contribution in [0.1, 0.15) is 31.1 Å². The van der Waals surface area contributed by atoms with Gasteiger partial charge in [-0.2, -0.15) is 0 Å². The van der Waals surface area contributed by atoms with Gasteiger partial charge < -0.3 is 10.3 Å². The number of carbonyl (C=O) groups excluding carboxylic acids is 1. The van der Waals surface area contributed by atoms with Crippen LogP contribution in [0.3, 0.4) is 0 Å². The minimum absolute atomic E-state index is 0.00595. The Morgan fingerprint density at radius 1 is 1.56 bits per heavy atom. The van der Waals surface area contributed by atoms with Gasteiger partial charge in [-0.15, -0.1) is 0 Å². The summed E-state index contributed by atoms with van der Waals surface area (Å²) < 4.78 is 0. The maximum atomic E-state index is 12.1. The van der Waals surface area contributed by atoms with Crippen molar-refractivity contribution >= 4 is 11.7 Å². The Balaban J connectivity index is 2.86. The molecule has 0 spiro atoms. The molecule has 1 heterocycles. The van der Waals surface area contributed by atoms with Crippen LogP contribution in [-0.4, -0.2) is 28.4 Å². The molecule has 1 rings (SSSR count). The maximum absolute atomic E-state index is 12.1. The predicted molar refractivity (Wildman–Crippen MR) is 63.9 cm³/mol. The van der Waals surface area contributed by atoms with E-state index >= 15 is 0 Å². The first-order chi connectivity index (χ1) is 7.60. The van der Waals surface area contributed by atoms with Gasteiger partial charge in [-0.1, -0.05) is 0 Å². The zero-order valence-corrected chi connectivity index (χ0v) is 9.90. The van der Waals surface area contributed by atoms with Crippen LogP contribution in [0.25, 0.3) is 0 Å². The molecule has 0 aliphatic carbocycles. The minimum atomic E-state index is -0.00595. The van der Waals surface area contributed by atoms with Crippen molar-refractivity contribution in [1.82, 2.24) is 9.88 Å². The number of nitrogens with one attached hydrogen (secondary N) is 1. The van der Waals surface area contributed by atoms with E-state index in [1.807, 2.05) is 20.8 Å². The zero-order chi connectivity index (χ0) is 12.1. The van der Waals surface area contributed by atoms with E-state index in [1.54, 1.807) is 17.0 Å². The standard InChI is InChI=1S/C11H18N4O/c1-4-15(8(2)3)11(16)9-5-6-10(14-12)13-7-9/h5-8H,4,12H2,1-3H3,(H,13,14). The molecule has 1 aromatic heterocycles. The summed E-state index contributed by atoms with van der Waals surface area (Å²) in [6.45, 7) is 6.63. The van der Waals surface area contributed by atoms with E-state index in [9.17, 15) is 4.79 Å². The zero-order valence-electron chi connectivity index (χ0n) is 9.90. The van der Waals surface area contributed by atoms with Crippen LogP contribution in [-0.2, 0) is 0 Å². The molecule has 0 radical (unpaired) electrons. The fourth-order valence-electron chi connectivity index (χ4n) is 1.51. The van der Waals surface area contributed by atoms with Crippen molar-refractivity contribution < 1.29 is 4.79 Å². The third kappa shape index (κ3) is 2.70. The van der Waals surface area contributed by atoms with Crippen LogP contribution in [0, 0.1) is 0 Å². The SMILES string of the molecule is CCN(C(=O)c1ccc(NN)nc1)C(C)C. The third-order valence-corrected chi connectivity index (χ3v) is 2.38. The first kappa shape index (κ1) is 12.4. The molecular formula is C11H18N4O. The highest BCUT2D eigenvalue weighted by molar-refractivity contribution is 5.94. The Kier molecular flexibility index (Phi) is 4.25. The molecule has 0 aliphatic heterocycles. The highest BCUT2D eigenvalue weighted by Gasteiger charge is 2.16. The van der Waals surface area contributed by atoms with Gasteiger partial charge >= 0.3 is 0 Å². The van der Waals surface area contributed by atoms with E-state index in [2.05, 4.69) is 10.4 Å². The summed E-state index contributed by atoms with van der Waals surface area (Å²) in [4.78, 5) is 17.8. The smallest absolute Gasteiger partial charge is 0.255 e. The van der Waals surface area contributed by atoms with Crippen LogP contribution in [0.2, 0.25) is 0 Å². The summed E-state index contributed by atoms with van der Waals surface area (Å²) in [6, 6.07) is 3.58. The molecule has 16 heavy (non-hydrogen) atoms. The fourth-order valence-corrected chi connectivity index (χ4v) is 1.51. The molecule has 0 saturated carbocycles. The number of hydrazine groups is 1. The molecular weight excluding hydrogens is 204 g/mol. The van der Waals surface area contributed by atoms with Gasteiger partial charge in [0.25, 0.3) is 5.91 Å². The van der Waals surface area contributed by atoms with Crippen LogP contribution >= 0.6 is 0 Å². The molecule has 3 N–H and O–H groups in total.